The molecule has 0 amide bonds. The molecule has 0 saturated carbocycles. The number of benzene rings is 2. The molecule has 2 aromatic rings. The SMILES string of the molecule is CC(C)N1CCN(CCC#Cc2ccc(C(CCN(C)C)Oc3ccccc3)cc2)CC1. The standard InChI is InChI=1S/C28H39N3O/c1-24(2)31-22-20-30(21-23-31)18-9-8-10-25-13-15-26(16-14-25)28(17-19-29(3)4)32-27-11-6-5-7-12-27/h5-7,11-16,24,28H,9,17-23H2,1-4H3. The molecule has 1 atom stereocenters. The van der Waals surface area contributed by atoms with Crippen LogP contribution in [0.2, 0.25) is 0 Å². The first-order valence-electron chi connectivity index (χ1n) is 11.9. The summed E-state index contributed by atoms with van der Waals surface area (Å²) in [5.74, 6) is 7.62. The van der Waals surface area contributed by atoms with Crippen LogP contribution in [0.15, 0.2) is 54.6 Å². The molecule has 1 saturated heterocycles. The summed E-state index contributed by atoms with van der Waals surface area (Å²) in [6.45, 7) is 11.3. The van der Waals surface area contributed by atoms with Crippen molar-refractivity contribution in [3.8, 4) is 17.6 Å². The number of piperazine rings is 1. The third kappa shape index (κ3) is 7.98. The van der Waals surface area contributed by atoms with Crippen LogP contribution >= 0.6 is 0 Å². The zero-order valence-corrected chi connectivity index (χ0v) is 20.3. The molecule has 0 radical (unpaired) electrons. The molecule has 4 heteroatoms. The molecule has 0 aromatic heterocycles. The fourth-order valence-electron chi connectivity index (χ4n) is 4.00. The lowest BCUT2D eigenvalue weighted by molar-refractivity contribution is 0.110. The van der Waals surface area contributed by atoms with Crippen LogP contribution in [-0.4, -0.2) is 74.1 Å². The third-order valence-electron chi connectivity index (χ3n) is 6.07. The Morgan fingerprint density at radius 2 is 1.62 bits per heavy atom. The van der Waals surface area contributed by atoms with Gasteiger partial charge in [0.15, 0.2) is 0 Å². The van der Waals surface area contributed by atoms with E-state index >= 15 is 0 Å². The van der Waals surface area contributed by atoms with Crippen LogP contribution in [0, 0.1) is 11.8 Å². The van der Waals surface area contributed by atoms with Crippen molar-refractivity contribution in [2.45, 2.75) is 38.8 Å². The van der Waals surface area contributed by atoms with Crippen LogP contribution in [0.5, 0.6) is 5.75 Å². The van der Waals surface area contributed by atoms with E-state index in [0.29, 0.717) is 6.04 Å². The molecule has 32 heavy (non-hydrogen) atoms. The van der Waals surface area contributed by atoms with Crippen molar-refractivity contribution in [3.05, 3.63) is 65.7 Å². The van der Waals surface area contributed by atoms with E-state index in [9.17, 15) is 0 Å². The highest BCUT2D eigenvalue weighted by Crippen LogP contribution is 2.25. The van der Waals surface area contributed by atoms with E-state index in [0.717, 1.165) is 50.3 Å². The van der Waals surface area contributed by atoms with Gasteiger partial charge in [0.1, 0.15) is 11.9 Å². The summed E-state index contributed by atoms with van der Waals surface area (Å²) in [6, 6.07) is 19.3. The molecular formula is C28H39N3O. The zero-order chi connectivity index (χ0) is 22.8. The summed E-state index contributed by atoms with van der Waals surface area (Å²) in [5.41, 5.74) is 2.27. The Labute approximate surface area is 195 Å². The molecule has 1 fully saturated rings. The van der Waals surface area contributed by atoms with Crippen LogP contribution in [0.1, 0.15) is 43.9 Å². The van der Waals surface area contributed by atoms with Gasteiger partial charge in [-0.2, -0.15) is 0 Å². The molecule has 0 spiro atoms. The van der Waals surface area contributed by atoms with Gasteiger partial charge in [0.25, 0.3) is 0 Å². The summed E-state index contributed by atoms with van der Waals surface area (Å²) in [7, 11) is 4.20. The van der Waals surface area contributed by atoms with Crippen molar-refractivity contribution in [3.63, 3.8) is 0 Å². The van der Waals surface area contributed by atoms with Gasteiger partial charge >= 0.3 is 0 Å². The number of hydrogen-bond donors (Lipinski definition) is 0. The first kappa shape index (κ1) is 24.3. The number of hydrogen-bond acceptors (Lipinski definition) is 4. The van der Waals surface area contributed by atoms with Gasteiger partial charge < -0.3 is 9.64 Å². The van der Waals surface area contributed by atoms with Gasteiger partial charge in [0, 0.05) is 63.7 Å². The van der Waals surface area contributed by atoms with E-state index in [-0.39, 0.29) is 6.10 Å². The van der Waals surface area contributed by atoms with E-state index in [2.05, 4.69) is 78.7 Å². The highest BCUT2D eigenvalue weighted by atomic mass is 16.5. The van der Waals surface area contributed by atoms with Crippen molar-refractivity contribution < 1.29 is 4.74 Å². The number of rotatable bonds is 9. The van der Waals surface area contributed by atoms with E-state index < -0.39 is 0 Å². The van der Waals surface area contributed by atoms with Gasteiger partial charge in [0.2, 0.25) is 0 Å². The maximum absolute atomic E-state index is 6.31. The van der Waals surface area contributed by atoms with Crippen LogP contribution in [0.25, 0.3) is 0 Å². The molecule has 172 valence electrons. The number of ether oxygens (including phenoxy) is 1. The second kappa shape index (κ2) is 12.6. The lowest BCUT2D eigenvalue weighted by atomic mass is 10.0. The van der Waals surface area contributed by atoms with Gasteiger partial charge in [-0.1, -0.05) is 42.2 Å². The molecule has 1 heterocycles. The summed E-state index contributed by atoms with van der Waals surface area (Å²) in [6.07, 6.45) is 1.90. The summed E-state index contributed by atoms with van der Waals surface area (Å²) >= 11 is 0. The minimum absolute atomic E-state index is 0.0336. The lowest BCUT2D eigenvalue weighted by Crippen LogP contribution is -2.48. The Morgan fingerprint density at radius 3 is 2.25 bits per heavy atom. The van der Waals surface area contributed by atoms with Crippen LogP contribution in [-0.2, 0) is 0 Å². The molecule has 2 aromatic carbocycles. The Balaban J connectivity index is 1.52. The minimum atomic E-state index is 0.0336. The summed E-state index contributed by atoms with van der Waals surface area (Å²) in [5, 5.41) is 0. The highest BCUT2D eigenvalue weighted by molar-refractivity contribution is 5.37. The Hall–Kier alpha value is -2.32. The van der Waals surface area contributed by atoms with Crippen molar-refractivity contribution in [2.24, 2.45) is 0 Å². The average molecular weight is 434 g/mol. The molecule has 1 unspecified atom stereocenters. The minimum Gasteiger partial charge on any atom is -0.486 e. The summed E-state index contributed by atoms with van der Waals surface area (Å²) in [4.78, 5) is 7.29. The van der Waals surface area contributed by atoms with Crippen molar-refractivity contribution in [1.29, 1.82) is 0 Å². The van der Waals surface area contributed by atoms with E-state index in [4.69, 9.17) is 4.74 Å². The molecular weight excluding hydrogens is 394 g/mol. The topological polar surface area (TPSA) is 19.0 Å². The van der Waals surface area contributed by atoms with Crippen molar-refractivity contribution in [2.75, 3.05) is 53.4 Å². The molecule has 4 nitrogen and oxygen atoms in total. The van der Waals surface area contributed by atoms with Crippen molar-refractivity contribution in [1.82, 2.24) is 14.7 Å². The average Bonchev–Trinajstić information content (AvgIpc) is 2.81. The predicted molar refractivity (Wildman–Crippen MR) is 134 cm³/mol. The maximum Gasteiger partial charge on any atom is 0.125 e. The van der Waals surface area contributed by atoms with E-state index in [1.165, 1.54) is 18.7 Å². The Bertz CT molecular complexity index is 844. The second-order valence-corrected chi connectivity index (χ2v) is 9.16. The largest absolute Gasteiger partial charge is 0.486 e. The van der Waals surface area contributed by atoms with Crippen LogP contribution in [0.3, 0.4) is 0 Å². The van der Waals surface area contributed by atoms with E-state index in [1.807, 2.05) is 30.3 Å². The van der Waals surface area contributed by atoms with Gasteiger partial charge in [-0.15, -0.1) is 0 Å². The zero-order valence-electron chi connectivity index (χ0n) is 20.3. The lowest BCUT2D eigenvalue weighted by Gasteiger charge is -2.36. The highest BCUT2D eigenvalue weighted by Gasteiger charge is 2.18. The van der Waals surface area contributed by atoms with Crippen LogP contribution in [0.4, 0.5) is 0 Å². The third-order valence-corrected chi connectivity index (χ3v) is 6.07. The Kier molecular flexibility index (Phi) is 9.62. The number of nitrogens with zero attached hydrogens (tertiary/aromatic N) is 3. The normalized spacial score (nSPS) is 16.1. The van der Waals surface area contributed by atoms with E-state index in [1.54, 1.807) is 0 Å². The maximum atomic E-state index is 6.31. The molecule has 1 aliphatic heterocycles. The second-order valence-electron chi connectivity index (χ2n) is 9.16. The first-order valence-corrected chi connectivity index (χ1v) is 11.9. The van der Waals surface area contributed by atoms with Gasteiger partial charge in [-0.05, 0) is 57.8 Å². The first-order chi connectivity index (χ1) is 15.5. The molecule has 0 bridgehead atoms. The van der Waals surface area contributed by atoms with Gasteiger partial charge in [-0.3, -0.25) is 9.80 Å². The smallest absolute Gasteiger partial charge is 0.125 e. The monoisotopic (exact) mass is 433 g/mol. The predicted octanol–water partition coefficient (Wildman–Crippen LogP) is 4.53. The molecule has 0 N–H and O–H groups in total. The van der Waals surface area contributed by atoms with Crippen LogP contribution < -0.4 is 4.74 Å². The van der Waals surface area contributed by atoms with Gasteiger partial charge in [-0.25, -0.2) is 0 Å². The fourth-order valence-corrected chi connectivity index (χ4v) is 4.00. The fraction of sp³-hybridized carbons (Fsp3) is 0.500. The van der Waals surface area contributed by atoms with Gasteiger partial charge in [0.05, 0.1) is 0 Å². The summed E-state index contributed by atoms with van der Waals surface area (Å²) < 4.78 is 6.31. The molecule has 3 rings (SSSR count). The quantitative estimate of drug-likeness (QED) is 0.541. The molecule has 0 aliphatic carbocycles. The Morgan fingerprint density at radius 1 is 0.938 bits per heavy atom. The van der Waals surface area contributed by atoms with Crippen molar-refractivity contribution >= 4 is 0 Å². The molecule has 1 aliphatic rings. The number of para-hydroxylation sites is 1.